The van der Waals surface area contributed by atoms with Crippen LogP contribution >= 0.6 is 0 Å². The number of ether oxygens (including phenoxy) is 1. The zero-order valence-corrected chi connectivity index (χ0v) is 10.3. The van der Waals surface area contributed by atoms with E-state index in [0.29, 0.717) is 5.75 Å². The normalized spacial score (nSPS) is 18.9. The average molecular weight is 235 g/mol. The minimum atomic E-state index is -0.936. The number of hydrogen-bond donors (Lipinski definition) is 2. The first-order valence-electron chi connectivity index (χ1n) is 5.66. The van der Waals surface area contributed by atoms with Crippen molar-refractivity contribution in [3.8, 4) is 5.75 Å². The second-order valence-electron chi connectivity index (χ2n) is 5.37. The molecule has 2 rings (SSSR count). The van der Waals surface area contributed by atoms with Crippen molar-refractivity contribution in [3.63, 3.8) is 0 Å². The lowest BCUT2D eigenvalue weighted by atomic mass is 9.88. The molecule has 1 heterocycles. The summed E-state index contributed by atoms with van der Waals surface area (Å²) in [6, 6.07) is 4.90. The Kier molecular flexibility index (Phi) is 2.73. The maximum Gasteiger partial charge on any atom is 0.335 e. The molecule has 0 amide bonds. The molecule has 1 atom stereocenters. The first-order valence-corrected chi connectivity index (χ1v) is 5.66. The van der Waals surface area contributed by atoms with Crippen molar-refractivity contribution in [2.75, 3.05) is 11.9 Å². The summed E-state index contributed by atoms with van der Waals surface area (Å²) in [5, 5.41) is 12.2. The van der Waals surface area contributed by atoms with Gasteiger partial charge in [0.1, 0.15) is 11.9 Å². The van der Waals surface area contributed by atoms with Gasteiger partial charge in [0.2, 0.25) is 0 Å². The van der Waals surface area contributed by atoms with E-state index in [4.69, 9.17) is 9.84 Å². The lowest BCUT2D eigenvalue weighted by molar-refractivity contribution is 0.0693. The van der Waals surface area contributed by atoms with E-state index in [-0.39, 0.29) is 17.1 Å². The molecular formula is C13H17NO3. The van der Waals surface area contributed by atoms with E-state index in [1.807, 2.05) is 0 Å². The molecule has 2 N–H and O–H groups in total. The van der Waals surface area contributed by atoms with Gasteiger partial charge in [-0.25, -0.2) is 4.79 Å². The predicted octanol–water partition coefficient (Wildman–Crippen LogP) is 2.60. The highest BCUT2D eigenvalue weighted by Gasteiger charge is 2.30. The zero-order valence-electron chi connectivity index (χ0n) is 10.3. The maximum atomic E-state index is 10.9. The van der Waals surface area contributed by atoms with Gasteiger partial charge in [0.25, 0.3) is 0 Å². The van der Waals surface area contributed by atoms with Crippen LogP contribution in [0.2, 0.25) is 0 Å². The van der Waals surface area contributed by atoms with Crippen LogP contribution in [0.5, 0.6) is 5.75 Å². The monoisotopic (exact) mass is 235 g/mol. The molecule has 0 aromatic heterocycles. The van der Waals surface area contributed by atoms with Crippen molar-refractivity contribution in [1.82, 2.24) is 0 Å². The number of fused-ring (bicyclic) bond motifs is 1. The number of hydrogen-bond acceptors (Lipinski definition) is 3. The van der Waals surface area contributed by atoms with Crippen LogP contribution < -0.4 is 10.1 Å². The summed E-state index contributed by atoms with van der Waals surface area (Å²) in [5.74, 6) is -0.314. The molecule has 1 unspecified atom stereocenters. The number of anilines is 1. The summed E-state index contributed by atoms with van der Waals surface area (Å²) in [6.07, 6.45) is 0.0408. The Balaban J connectivity index is 2.30. The second kappa shape index (κ2) is 3.95. The molecule has 0 saturated carbocycles. The van der Waals surface area contributed by atoms with E-state index in [0.717, 1.165) is 12.2 Å². The highest BCUT2D eigenvalue weighted by atomic mass is 16.5. The molecule has 0 fully saturated rings. The van der Waals surface area contributed by atoms with Gasteiger partial charge in [-0.2, -0.15) is 0 Å². The quantitative estimate of drug-likeness (QED) is 0.785. The summed E-state index contributed by atoms with van der Waals surface area (Å²) in [7, 11) is 0. The number of rotatable bonds is 1. The van der Waals surface area contributed by atoms with E-state index in [1.54, 1.807) is 18.2 Å². The van der Waals surface area contributed by atoms with Gasteiger partial charge >= 0.3 is 5.97 Å². The smallest absolute Gasteiger partial charge is 0.335 e. The molecule has 0 aliphatic carbocycles. The SMILES string of the molecule is CC(C)(C)C1CNc2ccc(C(=O)O)cc2O1. The fourth-order valence-electron chi connectivity index (χ4n) is 1.78. The average Bonchev–Trinajstić information content (AvgIpc) is 2.26. The van der Waals surface area contributed by atoms with Gasteiger partial charge in [0.15, 0.2) is 0 Å². The Labute approximate surface area is 101 Å². The van der Waals surface area contributed by atoms with Crippen molar-refractivity contribution < 1.29 is 14.6 Å². The van der Waals surface area contributed by atoms with Gasteiger partial charge < -0.3 is 15.2 Å². The van der Waals surface area contributed by atoms with Gasteiger partial charge in [-0.1, -0.05) is 20.8 Å². The first-order chi connectivity index (χ1) is 7.88. The van der Waals surface area contributed by atoms with E-state index in [2.05, 4.69) is 26.1 Å². The largest absolute Gasteiger partial charge is 0.486 e. The van der Waals surface area contributed by atoms with Gasteiger partial charge in [0.05, 0.1) is 17.8 Å². The van der Waals surface area contributed by atoms with Crippen LogP contribution in [0.15, 0.2) is 18.2 Å². The Morgan fingerprint density at radius 1 is 1.47 bits per heavy atom. The molecule has 92 valence electrons. The lowest BCUT2D eigenvalue weighted by Gasteiger charge is -2.35. The second-order valence-corrected chi connectivity index (χ2v) is 5.37. The summed E-state index contributed by atoms with van der Waals surface area (Å²) in [4.78, 5) is 10.9. The number of carboxylic acid groups (broad SMARTS) is 1. The van der Waals surface area contributed by atoms with Crippen molar-refractivity contribution in [3.05, 3.63) is 23.8 Å². The van der Waals surface area contributed by atoms with Gasteiger partial charge in [0, 0.05) is 5.41 Å². The molecule has 4 heteroatoms. The van der Waals surface area contributed by atoms with Crippen LogP contribution in [0.1, 0.15) is 31.1 Å². The van der Waals surface area contributed by atoms with Crippen LogP contribution in [0.25, 0.3) is 0 Å². The first kappa shape index (κ1) is 11.8. The minimum Gasteiger partial charge on any atom is -0.486 e. The van der Waals surface area contributed by atoms with Gasteiger partial charge in [-0.15, -0.1) is 0 Å². The fourth-order valence-corrected chi connectivity index (χ4v) is 1.78. The van der Waals surface area contributed by atoms with E-state index in [9.17, 15) is 4.79 Å². The van der Waals surface area contributed by atoms with Crippen molar-refractivity contribution >= 4 is 11.7 Å². The third-order valence-electron chi connectivity index (χ3n) is 2.94. The van der Waals surface area contributed by atoms with Crippen molar-refractivity contribution in [1.29, 1.82) is 0 Å². The number of carboxylic acids is 1. The molecule has 1 aromatic carbocycles. The predicted molar refractivity (Wildman–Crippen MR) is 65.8 cm³/mol. The Morgan fingerprint density at radius 2 is 2.18 bits per heavy atom. The van der Waals surface area contributed by atoms with Crippen LogP contribution in [0, 0.1) is 5.41 Å². The summed E-state index contributed by atoms with van der Waals surface area (Å²) >= 11 is 0. The Hall–Kier alpha value is -1.71. The van der Waals surface area contributed by atoms with Crippen LogP contribution in [-0.4, -0.2) is 23.7 Å². The summed E-state index contributed by atoms with van der Waals surface area (Å²) in [6.45, 7) is 7.05. The third kappa shape index (κ3) is 2.35. The topological polar surface area (TPSA) is 58.6 Å². The fraction of sp³-hybridized carbons (Fsp3) is 0.462. The summed E-state index contributed by atoms with van der Waals surface area (Å²) < 4.78 is 5.86. The van der Waals surface area contributed by atoms with E-state index in [1.165, 1.54) is 0 Å². The molecule has 1 aromatic rings. The number of nitrogens with one attached hydrogen (secondary N) is 1. The van der Waals surface area contributed by atoms with Crippen molar-refractivity contribution in [2.45, 2.75) is 26.9 Å². The molecule has 17 heavy (non-hydrogen) atoms. The maximum absolute atomic E-state index is 10.9. The third-order valence-corrected chi connectivity index (χ3v) is 2.94. The van der Waals surface area contributed by atoms with Crippen LogP contribution in [0.4, 0.5) is 5.69 Å². The van der Waals surface area contributed by atoms with Gasteiger partial charge in [-0.3, -0.25) is 0 Å². The molecular weight excluding hydrogens is 218 g/mol. The molecule has 0 saturated heterocycles. The summed E-state index contributed by atoms with van der Waals surface area (Å²) in [5.41, 5.74) is 1.12. The molecule has 0 bridgehead atoms. The zero-order chi connectivity index (χ0) is 12.6. The van der Waals surface area contributed by atoms with Crippen LogP contribution in [-0.2, 0) is 0 Å². The Bertz CT molecular complexity index is 448. The number of aromatic carboxylic acids is 1. The minimum absolute atomic E-state index is 0.0178. The van der Waals surface area contributed by atoms with Crippen molar-refractivity contribution in [2.24, 2.45) is 5.41 Å². The molecule has 1 aliphatic heterocycles. The van der Waals surface area contributed by atoms with Gasteiger partial charge in [-0.05, 0) is 18.2 Å². The standard InChI is InChI=1S/C13H17NO3/c1-13(2,3)11-7-14-9-5-4-8(12(15)16)6-10(9)17-11/h4-6,11,14H,7H2,1-3H3,(H,15,16). The molecule has 4 nitrogen and oxygen atoms in total. The number of benzene rings is 1. The lowest BCUT2D eigenvalue weighted by Crippen LogP contribution is -2.41. The highest BCUT2D eigenvalue weighted by Crippen LogP contribution is 2.34. The molecule has 0 radical (unpaired) electrons. The Morgan fingerprint density at radius 3 is 2.76 bits per heavy atom. The highest BCUT2D eigenvalue weighted by molar-refractivity contribution is 5.89. The van der Waals surface area contributed by atoms with E-state index >= 15 is 0 Å². The molecule has 1 aliphatic rings. The molecule has 0 spiro atoms. The number of carbonyl (C=O) groups is 1. The van der Waals surface area contributed by atoms with Crippen LogP contribution in [0.3, 0.4) is 0 Å². The van der Waals surface area contributed by atoms with E-state index < -0.39 is 5.97 Å².